The average Bonchev–Trinajstić information content (AvgIpc) is 2.75. The Hall–Kier alpha value is -2.76. The van der Waals surface area contributed by atoms with Crippen LogP contribution in [-0.4, -0.2) is 55.2 Å². The standard InChI is InChI=1S/C22H26FN3O2/c23-18-6-4-17(5-7-18)22(28)26-14-12-25(13-15-26)20-16-19(8-9-21(20)27)24-10-2-1-3-11-24/h4-9,16,27H,1-3,10-15H2. The molecule has 0 bridgehead atoms. The van der Waals surface area contributed by atoms with Gasteiger partial charge in [-0.1, -0.05) is 0 Å². The number of phenolic OH excluding ortho intramolecular Hbond substituents is 1. The lowest BCUT2D eigenvalue weighted by atomic mass is 10.1. The summed E-state index contributed by atoms with van der Waals surface area (Å²) in [7, 11) is 0. The smallest absolute Gasteiger partial charge is 0.253 e. The predicted molar refractivity (Wildman–Crippen MR) is 109 cm³/mol. The van der Waals surface area contributed by atoms with Crippen molar-refractivity contribution in [2.24, 2.45) is 0 Å². The van der Waals surface area contributed by atoms with Crippen molar-refractivity contribution in [3.63, 3.8) is 0 Å². The third-order valence-electron chi connectivity index (χ3n) is 5.68. The fourth-order valence-electron chi connectivity index (χ4n) is 4.04. The van der Waals surface area contributed by atoms with Gasteiger partial charge in [-0.05, 0) is 61.7 Å². The molecule has 2 heterocycles. The molecule has 0 spiro atoms. The van der Waals surface area contributed by atoms with Gasteiger partial charge in [0, 0.05) is 50.5 Å². The van der Waals surface area contributed by atoms with Crippen LogP contribution in [0.1, 0.15) is 29.6 Å². The van der Waals surface area contributed by atoms with Crippen molar-refractivity contribution in [2.75, 3.05) is 49.1 Å². The monoisotopic (exact) mass is 383 g/mol. The first-order chi connectivity index (χ1) is 13.6. The number of carbonyl (C=O) groups excluding carboxylic acids is 1. The van der Waals surface area contributed by atoms with Crippen LogP contribution < -0.4 is 9.80 Å². The van der Waals surface area contributed by atoms with Gasteiger partial charge in [0.2, 0.25) is 0 Å². The van der Waals surface area contributed by atoms with E-state index >= 15 is 0 Å². The van der Waals surface area contributed by atoms with Crippen LogP contribution in [0.3, 0.4) is 0 Å². The van der Waals surface area contributed by atoms with Gasteiger partial charge in [0.25, 0.3) is 5.91 Å². The summed E-state index contributed by atoms with van der Waals surface area (Å²) in [5.74, 6) is -0.143. The van der Waals surface area contributed by atoms with Crippen LogP contribution in [0.4, 0.5) is 15.8 Å². The zero-order valence-corrected chi connectivity index (χ0v) is 16.0. The molecule has 0 unspecified atom stereocenters. The van der Waals surface area contributed by atoms with Crippen molar-refractivity contribution >= 4 is 17.3 Å². The van der Waals surface area contributed by atoms with Gasteiger partial charge in [-0.25, -0.2) is 4.39 Å². The summed E-state index contributed by atoms with van der Waals surface area (Å²) in [6.07, 6.45) is 3.70. The second-order valence-corrected chi connectivity index (χ2v) is 7.51. The molecule has 0 radical (unpaired) electrons. The minimum atomic E-state index is -0.342. The van der Waals surface area contributed by atoms with Gasteiger partial charge in [0.15, 0.2) is 0 Å². The van der Waals surface area contributed by atoms with Crippen LogP contribution >= 0.6 is 0 Å². The van der Waals surface area contributed by atoms with E-state index < -0.39 is 0 Å². The molecule has 2 aliphatic heterocycles. The molecule has 0 saturated carbocycles. The molecule has 28 heavy (non-hydrogen) atoms. The Morgan fingerprint density at radius 3 is 2.18 bits per heavy atom. The molecular weight excluding hydrogens is 357 g/mol. The highest BCUT2D eigenvalue weighted by Crippen LogP contribution is 2.33. The average molecular weight is 383 g/mol. The van der Waals surface area contributed by atoms with Gasteiger partial charge >= 0.3 is 0 Å². The van der Waals surface area contributed by atoms with Gasteiger partial charge in [-0.2, -0.15) is 0 Å². The molecule has 2 aromatic carbocycles. The molecule has 1 N–H and O–H groups in total. The van der Waals surface area contributed by atoms with E-state index in [1.54, 1.807) is 11.0 Å². The molecule has 0 atom stereocenters. The Kier molecular flexibility index (Phi) is 5.37. The van der Waals surface area contributed by atoms with Gasteiger partial charge in [-0.15, -0.1) is 0 Å². The first-order valence-corrected chi connectivity index (χ1v) is 9.99. The Morgan fingerprint density at radius 1 is 0.821 bits per heavy atom. The number of hydrogen-bond acceptors (Lipinski definition) is 4. The van der Waals surface area contributed by atoms with Crippen LogP contribution in [0.15, 0.2) is 42.5 Å². The van der Waals surface area contributed by atoms with E-state index in [9.17, 15) is 14.3 Å². The number of aromatic hydroxyl groups is 1. The van der Waals surface area contributed by atoms with Gasteiger partial charge in [-0.3, -0.25) is 4.79 Å². The molecule has 4 rings (SSSR count). The first-order valence-electron chi connectivity index (χ1n) is 9.99. The lowest BCUT2D eigenvalue weighted by molar-refractivity contribution is 0.0746. The Morgan fingerprint density at radius 2 is 1.50 bits per heavy atom. The first kappa shape index (κ1) is 18.6. The fourth-order valence-corrected chi connectivity index (χ4v) is 4.04. The number of amides is 1. The highest BCUT2D eigenvalue weighted by atomic mass is 19.1. The number of piperazine rings is 1. The van der Waals surface area contributed by atoms with Crippen LogP contribution in [-0.2, 0) is 0 Å². The normalized spacial score (nSPS) is 17.7. The van der Waals surface area contributed by atoms with Crippen molar-refractivity contribution in [3.05, 3.63) is 53.8 Å². The zero-order valence-electron chi connectivity index (χ0n) is 16.0. The van der Waals surface area contributed by atoms with Crippen LogP contribution in [0.2, 0.25) is 0 Å². The zero-order chi connectivity index (χ0) is 19.5. The largest absolute Gasteiger partial charge is 0.506 e. The maximum atomic E-state index is 13.1. The predicted octanol–water partition coefficient (Wildman–Crippen LogP) is 3.48. The Bertz CT molecular complexity index is 826. The highest BCUT2D eigenvalue weighted by molar-refractivity contribution is 5.94. The minimum Gasteiger partial charge on any atom is -0.506 e. The number of anilines is 2. The topological polar surface area (TPSA) is 47.0 Å². The van der Waals surface area contributed by atoms with Crippen molar-refractivity contribution in [3.8, 4) is 5.75 Å². The van der Waals surface area contributed by atoms with Crippen molar-refractivity contribution in [1.82, 2.24) is 4.90 Å². The Labute approximate surface area is 165 Å². The maximum Gasteiger partial charge on any atom is 0.253 e. The number of hydrogen-bond donors (Lipinski definition) is 1. The molecule has 1 amide bonds. The van der Waals surface area contributed by atoms with E-state index in [4.69, 9.17) is 0 Å². The van der Waals surface area contributed by atoms with E-state index in [1.807, 2.05) is 6.07 Å². The van der Waals surface area contributed by atoms with Crippen LogP contribution in [0.5, 0.6) is 5.75 Å². The fraction of sp³-hybridized carbons (Fsp3) is 0.409. The molecule has 0 aliphatic carbocycles. The molecule has 5 nitrogen and oxygen atoms in total. The number of rotatable bonds is 3. The molecule has 2 aliphatic rings. The molecular formula is C22H26FN3O2. The molecule has 2 aromatic rings. The summed E-state index contributed by atoms with van der Waals surface area (Å²) in [5.41, 5.74) is 2.49. The number of piperidine rings is 1. The summed E-state index contributed by atoms with van der Waals surface area (Å²) >= 11 is 0. The van der Waals surface area contributed by atoms with E-state index in [0.29, 0.717) is 31.7 Å². The lowest BCUT2D eigenvalue weighted by Gasteiger charge is -2.37. The summed E-state index contributed by atoms with van der Waals surface area (Å²) in [4.78, 5) is 18.9. The lowest BCUT2D eigenvalue weighted by Crippen LogP contribution is -2.48. The number of nitrogens with zero attached hydrogens (tertiary/aromatic N) is 3. The molecule has 148 valence electrons. The minimum absolute atomic E-state index is 0.0778. The molecule has 6 heteroatoms. The molecule has 0 aromatic heterocycles. The van der Waals surface area contributed by atoms with Gasteiger partial charge < -0.3 is 19.8 Å². The third kappa shape index (κ3) is 3.91. The number of halogens is 1. The van der Waals surface area contributed by atoms with Crippen molar-refractivity contribution in [1.29, 1.82) is 0 Å². The Balaban J connectivity index is 1.43. The van der Waals surface area contributed by atoms with Crippen molar-refractivity contribution in [2.45, 2.75) is 19.3 Å². The number of phenols is 1. The number of benzene rings is 2. The summed E-state index contributed by atoms with van der Waals surface area (Å²) < 4.78 is 13.1. The summed E-state index contributed by atoms with van der Waals surface area (Å²) in [6.45, 7) is 4.58. The second-order valence-electron chi connectivity index (χ2n) is 7.51. The summed E-state index contributed by atoms with van der Waals surface area (Å²) in [6, 6.07) is 11.5. The molecule has 2 fully saturated rings. The van der Waals surface area contributed by atoms with Gasteiger partial charge in [0.1, 0.15) is 11.6 Å². The van der Waals surface area contributed by atoms with Crippen LogP contribution in [0.25, 0.3) is 0 Å². The highest BCUT2D eigenvalue weighted by Gasteiger charge is 2.24. The second kappa shape index (κ2) is 8.09. The van der Waals surface area contributed by atoms with E-state index in [2.05, 4.69) is 15.9 Å². The quantitative estimate of drug-likeness (QED) is 0.882. The SMILES string of the molecule is O=C(c1ccc(F)cc1)N1CCN(c2cc(N3CCCCC3)ccc2O)CC1. The van der Waals surface area contributed by atoms with Gasteiger partial charge in [0.05, 0.1) is 5.69 Å². The maximum absolute atomic E-state index is 13.1. The van der Waals surface area contributed by atoms with E-state index in [0.717, 1.165) is 24.5 Å². The van der Waals surface area contributed by atoms with Crippen LogP contribution in [0, 0.1) is 5.82 Å². The van der Waals surface area contributed by atoms with E-state index in [-0.39, 0.29) is 17.5 Å². The molecule has 2 saturated heterocycles. The summed E-state index contributed by atoms with van der Waals surface area (Å²) in [5, 5.41) is 10.4. The third-order valence-corrected chi connectivity index (χ3v) is 5.68. The van der Waals surface area contributed by atoms with E-state index in [1.165, 1.54) is 43.5 Å². The number of carbonyl (C=O) groups is 1. The van der Waals surface area contributed by atoms with Crippen molar-refractivity contribution < 1.29 is 14.3 Å².